The van der Waals surface area contributed by atoms with E-state index in [1.54, 1.807) is 0 Å². The van der Waals surface area contributed by atoms with Crippen LogP contribution in [0.25, 0.3) is 0 Å². The molecule has 1 heterocycles. The molecule has 0 fully saturated rings. The van der Waals surface area contributed by atoms with Crippen LogP contribution in [0.15, 0.2) is 12.1 Å². The Morgan fingerprint density at radius 2 is 1.57 bits per heavy atom. The molecule has 2 amide bonds. The maximum absolute atomic E-state index is 12.3. The molecule has 1 aliphatic heterocycles. The van der Waals surface area contributed by atoms with E-state index in [1.165, 1.54) is 12.1 Å². The predicted octanol–water partition coefficient (Wildman–Crippen LogP) is 3.09. The number of nitrogens with zero attached hydrogens (tertiary/aromatic N) is 1. The third kappa shape index (κ3) is 2.76. The maximum Gasteiger partial charge on any atom is 0.326 e. The Hall–Kier alpha value is -1.59. The van der Waals surface area contributed by atoms with Crippen LogP contribution >= 0.6 is 23.2 Å². The van der Waals surface area contributed by atoms with Crippen LogP contribution in [0.2, 0.25) is 10.0 Å². The number of carboxylic acids is 1. The summed E-state index contributed by atoms with van der Waals surface area (Å²) in [4.78, 5) is 36.9. The standard InChI is InChI=1S/C14H13Cl2NO4/c1-6(2)3-11(14(20)21)17-12(18)7-4-9(15)10(16)5-8(7)13(17)19/h4-6,11H,3H2,1-2H3,(H,20,21). The topological polar surface area (TPSA) is 74.7 Å². The molecule has 7 heteroatoms. The molecule has 1 aromatic rings. The summed E-state index contributed by atoms with van der Waals surface area (Å²) in [6.45, 7) is 3.64. The number of rotatable bonds is 4. The van der Waals surface area contributed by atoms with E-state index in [0.717, 1.165) is 4.90 Å². The van der Waals surface area contributed by atoms with Crippen LogP contribution in [0.4, 0.5) is 0 Å². The van der Waals surface area contributed by atoms with Crippen molar-refractivity contribution in [3.05, 3.63) is 33.3 Å². The number of halogens is 2. The Morgan fingerprint density at radius 3 is 1.90 bits per heavy atom. The van der Waals surface area contributed by atoms with Crippen LogP contribution in [0.3, 0.4) is 0 Å². The summed E-state index contributed by atoms with van der Waals surface area (Å²) in [6, 6.07) is 1.40. The van der Waals surface area contributed by atoms with Crippen molar-refractivity contribution in [3.8, 4) is 0 Å². The van der Waals surface area contributed by atoms with Gasteiger partial charge in [-0.05, 0) is 24.5 Å². The number of hydrogen-bond donors (Lipinski definition) is 1. The molecule has 1 atom stereocenters. The smallest absolute Gasteiger partial charge is 0.326 e. The summed E-state index contributed by atoms with van der Waals surface area (Å²) in [6.07, 6.45) is 0.183. The molecule has 21 heavy (non-hydrogen) atoms. The average molecular weight is 330 g/mol. The largest absolute Gasteiger partial charge is 0.480 e. The summed E-state index contributed by atoms with van der Waals surface area (Å²) in [7, 11) is 0. The first kappa shape index (κ1) is 15.8. The monoisotopic (exact) mass is 329 g/mol. The lowest BCUT2D eigenvalue weighted by atomic mass is 10.0. The number of aliphatic carboxylic acids is 1. The number of carbonyl (C=O) groups excluding carboxylic acids is 2. The van der Waals surface area contributed by atoms with E-state index in [-0.39, 0.29) is 33.5 Å². The Labute approximate surface area is 131 Å². The lowest BCUT2D eigenvalue weighted by molar-refractivity contribution is -0.142. The number of carboxylic acid groups (broad SMARTS) is 1. The maximum atomic E-state index is 12.3. The summed E-state index contributed by atoms with van der Waals surface area (Å²) >= 11 is 11.7. The van der Waals surface area contributed by atoms with Crippen LogP contribution in [0.5, 0.6) is 0 Å². The van der Waals surface area contributed by atoms with Gasteiger partial charge in [0, 0.05) is 0 Å². The van der Waals surface area contributed by atoms with Gasteiger partial charge in [-0.25, -0.2) is 4.79 Å². The second-order valence-corrected chi connectivity index (χ2v) is 6.09. The van der Waals surface area contributed by atoms with Crippen LogP contribution in [0.1, 0.15) is 41.0 Å². The van der Waals surface area contributed by atoms with Crippen molar-refractivity contribution in [3.63, 3.8) is 0 Å². The number of hydrogen-bond acceptors (Lipinski definition) is 3. The van der Waals surface area contributed by atoms with Gasteiger partial charge in [-0.2, -0.15) is 0 Å². The molecule has 0 aliphatic carbocycles. The lowest BCUT2D eigenvalue weighted by Gasteiger charge is -2.23. The summed E-state index contributed by atoms with van der Waals surface area (Å²) in [5.74, 6) is -2.50. The molecule has 0 saturated heterocycles. The van der Waals surface area contributed by atoms with E-state index >= 15 is 0 Å². The van der Waals surface area contributed by atoms with Crippen molar-refractivity contribution in [2.75, 3.05) is 0 Å². The first-order valence-corrected chi connectivity index (χ1v) is 7.09. The number of imide groups is 1. The molecule has 0 aromatic heterocycles. The molecule has 0 radical (unpaired) electrons. The minimum atomic E-state index is -1.21. The highest BCUT2D eigenvalue weighted by Crippen LogP contribution is 2.33. The van der Waals surface area contributed by atoms with Crippen LogP contribution in [-0.2, 0) is 4.79 Å². The van der Waals surface area contributed by atoms with Crippen molar-refractivity contribution in [1.82, 2.24) is 4.90 Å². The highest BCUT2D eigenvalue weighted by molar-refractivity contribution is 6.43. The van der Waals surface area contributed by atoms with Gasteiger partial charge in [0.1, 0.15) is 6.04 Å². The van der Waals surface area contributed by atoms with Crippen LogP contribution < -0.4 is 0 Å². The van der Waals surface area contributed by atoms with E-state index in [1.807, 2.05) is 13.8 Å². The third-order valence-electron chi connectivity index (χ3n) is 3.25. The molecule has 1 aliphatic rings. The van der Waals surface area contributed by atoms with Crippen molar-refractivity contribution in [2.24, 2.45) is 5.92 Å². The first-order chi connectivity index (χ1) is 9.73. The Bertz CT molecular complexity index is 601. The molecule has 1 unspecified atom stereocenters. The SMILES string of the molecule is CC(C)CC(C(=O)O)N1C(=O)c2cc(Cl)c(Cl)cc2C1=O. The Kier molecular flexibility index (Phi) is 4.25. The fourth-order valence-electron chi connectivity index (χ4n) is 2.30. The van der Waals surface area contributed by atoms with E-state index in [9.17, 15) is 19.5 Å². The predicted molar refractivity (Wildman–Crippen MR) is 77.8 cm³/mol. The molecular weight excluding hydrogens is 317 g/mol. The van der Waals surface area contributed by atoms with Gasteiger partial charge in [0.2, 0.25) is 0 Å². The van der Waals surface area contributed by atoms with Crippen LogP contribution in [0, 0.1) is 5.92 Å². The second kappa shape index (κ2) is 5.66. The minimum Gasteiger partial charge on any atom is -0.480 e. The quantitative estimate of drug-likeness (QED) is 0.861. The molecule has 1 aromatic carbocycles. The zero-order valence-corrected chi connectivity index (χ0v) is 12.9. The van der Waals surface area contributed by atoms with Gasteiger partial charge in [-0.15, -0.1) is 0 Å². The fraction of sp³-hybridized carbons (Fsp3) is 0.357. The number of amides is 2. The average Bonchev–Trinajstić information content (AvgIpc) is 2.60. The molecule has 112 valence electrons. The molecule has 0 spiro atoms. The summed E-state index contributed by atoms with van der Waals surface area (Å²) in [5.41, 5.74) is 0.175. The minimum absolute atomic E-state index is 0.0163. The summed E-state index contributed by atoms with van der Waals surface area (Å²) < 4.78 is 0. The Balaban J connectivity index is 2.47. The normalized spacial score (nSPS) is 15.6. The Morgan fingerprint density at radius 1 is 1.14 bits per heavy atom. The molecule has 0 saturated carbocycles. The number of benzene rings is 1. The van der Waals surface area contributed by atoms with Crippen molar-refractivity contribution in [2.45, 2.75) is 26.3 Å². The summed E-state index contributed by atoms with van der Waals surface area (Å²) in [5, 5.41) is 9.60. The van der Waals surface area contributed by atoms with E-state index < -0.39 is 23.8 Å². The molecule has 2 rings (SSSR count). The van der Waals surface area contributed by atoms with Crippen molar-refractivity contribution >= 4 is 41.0 Å². The second-order valence-electron chi connectivity index (χ2n) is 5.28. The molecule has 5 nitrogen and oxygen atoms in total. The lowest BCUT2D eigenvalue weighted by Crippen LogP contribution is -2.45. The number of fused-ring (bicyclic) bond motifs is 1. The van der Waals surface area contributed by atoms with Gasteiger partial charge in [-0.1, -0.05) is 37.0 Å². The third-order valence-corrected chi connectivity index (χ3v) is 3.97. The highest BCUT2D eigenvalue weighted by atomic mass is 35.5. The van der Waals surface area contributed by atoms with Gasteiger partial charge in [0.15, 0.2) is 0 Å². The number of carbonyl (C=O) groups is 3. The van der Waals surface area contributed by atoms with Crippen LogP contribution in [-0.4, -0.2) is 33.8 Å². The first-order valence-electron chi connectivity index (χ1n) is 6.33. The van der Waals surface area contributed by atoms with Gasteiger partial charge in [0.05, 0.1) is 21.2 Å². The van der Waals surface area contributed by atoms with E-state index in [4.69, 9.17) is 23.2 Å². The van der Waals surface area contributed by atoms with E-state index in [2.05, 4.69) is 0 Å². The molecular formula is C14H13Cl2NO4. The van der Waals surface area contributed by atoms with Gasteiger partial charge < -0.3 is 5.11 Å². The zero-order chi connectivity index (χ0) is 15.9. The molecule has 1 N–H and O–H groups in total. The van der Waals surface area contributed by atoms with Crippen molar-refractivity contribution < 1.29 is 19.5 Å². The highest BCUT2D eigenvalue weighted by Gasteiger charge is 2.43. The van der Waals surface area contributed by atoms with Gasteiger partial charge >= 0.3 is 5.97 Å². The van der Waals surface area contributed by atoms with Crippen molar-refractivity contribution in [1.29, 1.82) is 0 Å². The molecule has 0 bridgehead atoms. The zero-order valence-electron chi connectivity index (χ0n) is 11.4. The van der Waals surface area contributed by atoms with Gasteiger partial charge in [-0.3, -0.25) is 14.5 Å². The van der Waals surface area contributed by atoms with E-state index in [0.29, 0.717) is 0 Å². The fourth-order valence-corrected chi connectivity index (χ4v) is 2.63. The van der Waals surface area contributed by atoms with Gasteiger partial charge in [0.25, 0.3) is 11.8 Å².